The Labute approximate surface area is 224 Å². The number of morpholine rings is 1. The third kappa shape index (κ3) is 5.19. The van der Waals surface area contributed by atoms with Gasteiger partial charge < -0.3 is 19.3 Å². The van der Waals surface area contributed by atoms with E-state index in [1.54, 1.807) is 24.7 Å². The first kappa shape index (κ1) is 26.0. The van der Waals surface area contributed by atoms with Crippen LogP contribution < -0.4 is 9.80 Å². The van der Waals surface area contributed by atoms with Crippen LogP contribution in [0.3, 0.4) is 0 Å². The van der Waals surface area contributed by atoms with Gasteiger partial charge in [-0.3, -0.25) is 9.97 Å². The highest BCUT2D eigenvalue weighted by atomic mass is 35.5. The zero-order valence-electron chi connectivity index (χ0n) is 21.2. The van der Waals surface area contributed by atoms with Gasteiger partial charge >= 0.3 is 0 Å². The van der Waals surface area contributed by atoms with Gasteiger partial charge in [0.25, 0.3) is 0 Å². The standard InChI is InChI=1S/C27H27ClF2N6O2/c1-16-12-31-6-5-23(16)36-17(2)10-24(38-15-22-20(30)11-19(29)13-33-22)25(28)26(36)21-4-7-32-27(34-21)35-8-9-37-14-18(35)3/h4-7,10-13,18,26H,8-9,14-15H2,1-3H3/t18?,26-/m1/s1. The van der Waals surface area contributed by atoms with Crippen molar-refractivity contribution in [3.63, 3.8) is 0 Å². The van der Waals surface area contributed by atoms with Gasteiger partial charge in [0, 0.05) is 48.7 Å². The lowest BCUT2D eigenvalue weighted by Gasteiger charge is -2.38. The van der Waals surface area contributed by atoms with Crippen LogP contribution in [0.15, 0.2) is 65.6 Å². The molecule has 5 rings (SSSR count). The van der Waals surface area contributed by atoms with Crippen molar-refractivity contribution < 1.29 is 18.3 Å². The van der Waals surface area contributed by atoms with Gasteiger partial charge in [0.2, 0.25) is 5.95 Å². The fraction of sp³-hybridized carbons (Fsp3) is 0.333. The summed E-state index contributed by atoms with van der Waals surface area (Å²) in [5.41, 5.74) is 3.32. The van der Waals surface area contributed by atoms with Gasteiger partial charge in [-0.15, -0.1) is 0 Å². The Hall–Kier alpha value is -3.63. The summed E-state index contributed by atoms with van der Waals surface area (Å²) in [5, 5.41) is 0.356. The minimum Gasteiger partial charge on any atom is -0.486 e. The maximum atomic E-state index is 14.2. The van der Waals surface area contributed by atoms with Crippen molar-refractivity contribution in [1.82, 2.24) is 19.9 Å². The van der Waals surface area contributed by atoms with Crippen LogP contribution in [0.1, 0.15) is 36.8 Å². The van der Waals surface area contributed by atoms with Crippen LogP contribution in [0.25, 0.3) is 0 Å². The number of hydrogen-bond donors (Lipinski definition) is 0. The van der Waals surface area contributed by atoms with E-state index in [2.05, 4.69) is 31.7 Å². The molecule has 0 aliphatic carbocycles. The van der Waals surface area contributed by atoms with Crippen LogP contribution in [0.4, 0.5) is 20.4 Å². The second-order valence-corrected chi connectivity index (χ2v) is 9.61. The Morgan fingerprint density at radius 3 is 2.76 bits per heavy atom. The molecule has 198 valence electrons. The number of aryl methyl sites for hydroxylation is 1. The van der Waals surface area contributed by atoms with Crippen molar-refractivity contribution in [2.24, 2.45) is 0 Å². The van der Waals surface area contributed by atoms with Gasteiger partial charge in [-0.2, -0.15) is 0 Å². The number of rotatable bonds is 6. The molecular formula is C27H27ClF2N6O2. The van der Waals surface area contributed by atoms with Crippen molar-refractivity contribution in [2.75, 3.05) is 29.6 Å². The average Bonchev–Trinajstić information content (AvgIpc) is 2.90. The molecule has 1 unspecified atom stereocenters. The Morgan fingerprint density at radius 1 is 1.16 bits per heavy atom. The van der Waals surface area contributed by atoms with Crippen LogP contribution in [-0.2, 0) is 16.1 Å². The minimum absolute atomic E-state index is 0.0241. The van der Waals surface area contributed by atoms with Crippen molar-refractivity contribution in [3.8, 4) is 0 Å². The highest BCUT2D eigenvalue weighted by Gasteiger charge is 2.34. The normalized spacial score (nSPS) is 20.0. The summed E-state index contributed by atoms with van der Waals surface area (Å²) >= 11 is 7.03. The van der Waals surface area contributed by atoms with Gasteiger partial charge in [-0.05, 0) is 38.5 Å². The van der Waals surface area contributed by atoms with Crippen LogP contribution >= 0.6 is 11.6 Å². The molecule has 3 aromatic heterocycles. The van der Waals surface area contributed by atoms with Crippen LogP contribution in [0, 0.1) is 18.6 Å². The number of anilines is 2. The van der Waals surface area contributed by atoms with Gasteiger partial charge in [-0.25, -0.2) is 18.7 Å². The summed E-state index contributed by atoms with van der Waals surface area (Å²) < 4.78 is 39.0. The van der Waals surface area contributed by atoms with E-state index >= 15 is 0 Å². The highest BCUT2D eigenvalue weighted by Crippen LogP contribution is 2.43. The number of nitrogens with zero attached hydrogens (tertiary/aromatic N) is 6. The SMILES string of the molecule is CC1=CC(OCc2ncc(F)cc2F)=C(Cl)[C@@H](c2ccnc(N3CCOCC3C)n2)N1c1ccncc1C. The van der Waals surface area contributed by atoms with E-state index in [-0.39, 0.29) is 18.3 Å². The van der Waals surface area contributed by atoms with Crippen molar-refractivity contribution >= 4 is 23.2 Å². The van der Waals surface area contributed by atoms with Crippen LogP contribution in [-0.4, -0.2) is 45.7 Å². The monoisotopic (exact) mass is 540 g/mol. The molecule has 2 aliphatic rings. The van der Waals surface area contributed by atoms with Crippen LogP contribution in [0.2, 0.25) is 0 Å². The summed E-state index contributed by atoms with van der Waals surface area (Å²) in [4.78, 5) is 21.7. The fourth-order valence-electron chi connectivity index (χ4n) is 4.59. The molecule has 0 aromatic carbocycles. The molecule has 0 spiro atoms. The van der Waals surface area contributed by atoms with Crippen molar-refractivity contribution in [1.29, 1.82) is 0 Å². The van der Waals surface area contributed by atoms with E-state index < -0.39 is 17.7 Å². The lowest BCUT2D eigenvalue weighted by Crippen LogP contribution is -2.44. The van der Waals surface area contributed by atoms with Crippen molar-refractivity contribution in [3.05, 3.63) is 94.1 Å². The number of allylic oxidation sites excluding steroid dienone is 2. The number of aromatic nitrogens is 4. The number of hydrogen-bond acceptors (Lipinski definition) is 8. The number of ether oxygens (including phenoxy) is 2. The molecule has 5 heterocycles. The summed E-state index contributed by atoms with van der Waals surface area (Å²) in [6.45, 7) is 7.61. The number of pyridine rings is 2. The van der Waals surface area contributed by atoms with Crippen molar-refractivity contribution in [2.45, 2.75) is 39.5 Å². The van der Waals surface area contributed by atoms with Gasteiger partial charge in [0.1, 0.15) is 29.9 Å². The molecule has 2 atom stereocenters. The Balaban J connectivity index is 1.55. The second-order valence-electron chi connectivity index (χ2n) is 9.20. The number of halogens is 3. The molecular weight excluding hydrogens is 514 g/mol. The smallest absolute Gasteiger partial charge is 0.226 e. The Bertz CT molecular complexity index is 1400. The molecule has 3 aromatic rings. The topological polar surface area (TPSA) is 76.5 Å². The predicted octanol–water partition coefficient (Wildman–Crippen LogP) is 5.21. The molecule has 0 radical (unpaired) electrons. The summed E-state index contributed by atoms with van der Waals surface area (Å²) in [5.74, 6) is -0.609. The lowest BCUT2D eigenvalue weighted by atomic mass is 10.0. The largest absolute Gasteiger partial charge is 0.486 e. The maximum Gasteiger partial charge on any atom is 0.226 e. The zero-order valence-corrected chi connectivity index (χ0v) is 22.0. The average molecular weight is 541 g/mol. The molecule has 0 N–H and O–H groups in total. The van der Waals surface area contributed by atoms with E-state index in [1.165, 1.54) is 0 Å². The van der Waals surface area contributed by atoms with Gasteiger partial charge in [-0.1, -0.05) is 11.6 Å². The van der Waals surface area contributed by atoms with E-state index in [9.17, 15) is 8.78 Å². The Morgan fingerprint density at radius 2 is 2.00 bits per heavy atom. The summed E-state index contributed by atoms with van der Waals surface area (Å²) in [6.07, 6.45) is 7.96. The lowest BCUT2D eigenvalue weighted by molar-refractivity contribution is 0.0980. The highest BCUT2D eigenvalue weighted by molar-refractivity contribution is 6.31. The van der Waals surface area contributed by atoms with E-state index in [4.69, 9.17) is 26.1 Å². The molecule has 0 saturated carbocycles. The van der Waals surface area contributed by atoms with Gasteiger partial charge in [0.05, 0.1) is 36.2 Å². The molecule has 0 amide bonds. The Kier molecular flexibility index (Phi) is 7.53. The molecule has 11 heteroatoms. The first-order chi connectivity index (χ1) is 18.3. The molecule has 38 heavy (non-hydrogen) atoms. The first-order valence-electron chi connectivity index (χ1n) is 12.2. The summed E-state index contributed by atoms with van der Waals surface area (Å²) in [6, 6.07) is 4.08. The molecule has 0 bridgehead atoms. The quantitative estimate of drug-likeness (QED) is 0.422. The predicted molar refractivity (Wildman–Crippen MR) is 139 cm³/mol. The second kappa shape index (κ2) is 11.0. The molecule has 2 aliphatic heterocycles. The molecule has 1 fully saturated rings. The fourth-order valence-corrected chi connectivity index (χ4v) is 4.91. The maximum absolute atomic E-state index is 14.2. The van der Waals surface area contributed by atoms with E-state index in [1.807, 2.05) is 26.0 Å². The van der Waals surface area contributed by atoms with E-state index in [0.29, 0.717) is 42.2 Å². The van der Waals surface area contributed by atoms with Crippen LogP contribution in [0.5, 0.6) is 0 Å². The minimum atomic E-state index is -0.788. The third-order valence-corrected chi connectivity index (χ3v) is 6.91. The molecule has 1 saturated heterocycles. The summed E-state index contributed by atoms with van der Waals surface area (Å²) in [7, 11) is 0. The molecule has 8 nitrogen and oxygen atoms in total. The van der Waals surface area contributed by atoms with Gasteiger partial charge in [0.15, 0.2) is 5.82 Å². The van der Waals surface area contributed by atoms with E-state index in [0.717, 1.165) is 29.2 Å². The first-order valence-corrected chi connectivity index (χ1v) is 12.6. The zero-order chi connectivity index (χ0) is 26.8. The third-order valence-electron chi connectivity index (χ3n) is 6.52.